The maximum atomic E-state index is 10.6. The number of benzene rings is 2. The number of aliphatic hydroxyl groups excluding tert-OH is 6. The van der Waals surface area contributed by atoms with Crippen LogP contribution < -0.4 is 5.32 Å². The minimum Gasteiger partial charge on any atom is -0.394 e. The van der Waals surface area contributed by atoms with Gasteiger partial charge in [0.15, 0.2) is 0 Å². The van der Waals surface area contributed by atoms with Gasteiger partial charge in [0.1, 0.15) is 29.9 Å². The molecule has 2 aromatic rings. The maximum Gasteiger partial charge on any atom is 0.132 e. The Morgan fingerprint density at radius 3 is 2.14 bits per heavy atom. The summed E-state index contributed by atoms with van der Waals surface area (Å²) in [7, 11) is 0. The number of aliphatic hydroxyl groups is 6. The summed E-state index contributed by atoms with van der Waals surface area (Å²) in [6.45, 7) is 1.69. The summed E-state index contributed by atoms with van der Waals surface area (Å²) in [5.41, 5.74) is 3.74. The number of ether oxygens (including phenoxy) is 1. The molecule has 2 aromatic carbocycles. The third-order valence-corrected chi connectivity index (χ3v) is 8.08. The molecule has 7 N–H and O–H groups in total. The summed E-state index contributed by atoms with van der Waals surface area (Å²) in [5, 5.41) is 62.2. The van der Waals surface area contributed by atoms with Gasteiger partial charge in [-0.25, -0.2) is 0 Å². The van der Waals surface area contributed by atoms with Gasteiger partial charge >= 0.3 is 0 Å². The third kappa shape index (κ3) is 7.53. The molecule has 8 nitrogen and oxygen atoms in total. The van der Waals surface area contributed by atoms with Crippen LogP contribution in [0.4, 0.5) is 0 Å². The van der Waals surface area contributed by atoms with Gasteiger partial charge in [0, 0.05) is 0 Å². The molecule has 5 atom stereocenters. The number of nitrogens with one attached hydrogen (secondary N) is 1. The molecule has 1 heterocycles. The van der Waals surface area contributed by atoms with Crippen molar-refractivity contribution in [2.45, 2.75) is 68.0 Å². The Morgan fingerprint density at radius 2 is 1.51 bits per heavy atom. The van der Waals surface area contributed by atoms with E-state index in [2.05, 4.69) is 29.6 Å². The van der Waals surface area contributed by atoms with Crippen molar-refractivity contribution in [3.05, 3.63) is 70.3 Å². The second kappa shape index (κ2) is 14.0. The fourth-order valence-corrected chi connectivity index (χ4v) is 5.22. The van der Waals surface area contributed by atoms with E-state index in [1.807, 2.05) is 25.1 Å². The second-order valence-electron chi connectivity index (χ2n) is 9.95. The molecule has 0 amide bonds. The van der Waals surface area contributed by atoms with Gasteiger partial charge in [-0.15, -0.1) is 11.8 Å². The Hall–Kier alpha value is -1.53. The van der Waals surface area contributed by atoms with Crippen LogP contribution >= 0.6 is 11.8 Å². The van der Waals surface area contributed by atoms with Crippen molar-refractivity contribution in [3.8, 4) is 0 Å². The summed E-state index contributed by atoms with van der Waals surface area (Å²) in [6.07, 6.45) is 0.869. The molecule has 1 saturated heterocycles. The lowest BCUT2D eigenvalue weighted by Crippen LogP contribution is -2.55. The van der Waals surface area contributed by atoms with Crippen molar-refractivity contribution in [2.24, 2.45) is 0 Å². The van der Waals surface area contributed by atoms with Gasteiger partial charge in [-0.05, 0) is 73.2 Å². The molecule has 9 heteroatoms. The predicted molar refractivity (Wildman–Crippen MR) is 145 cm³/mol. The van der Waals surface area contributed by atoms with E-state index in [9.17, 15) is 30.6 Å². The Bertz CT molecular complexity index is 959. The average molecular weight is 536 g/mol. The van der Waals surface area contributed by atoms with Gasteiger partial charge < -0.3 is 40.7 Å². The van der Waals surface area contributed by atoms with Crippen LogP contribution in [0.2, 0.25) is 0 Å². The molecule has 0 saturated carbocycles. The molecule has 37 heavy (non-hydrogen) atoms. The van der Waals surface area contributed by atoms with E-state index in [4.69, 9.17) is 4.74 Å². The standard InChI is InChI=1S/C28H41NO7S/c1-18-6-11-21(26-24(34)23(33)25(35)27(36-26)37-2)14-22(18)13-20-9-7-19(8-10-20)5-3-4-12-29-28(15-30,16-31)17-32/h6-11,14,23-27,29-35H,3-5,12-13,15-17H2,1-2H3/t23-,24-,25+,26?,27-/m1/s1. The molecule has 1 aliphatic rings. The Kier molecular flexibility index (Phi) is 11.4. The highest BCUT2D eigenvalue weighted by Gasteiger charge is 2.44. The molecule has 0 spiro atoms. The summed E-state index contributed by atoms with van der Waals surface area (Å²) in [6, 6.07) is 14.4. The van der Waals surface area contributed by atoms with Crippen molar-refractivity contribution in [1.82, 2.24) is 5.32 Å². The highest BCUT2D eigenvalue weighted by molar-refractivity contribution is 7.99. The van der Waals surface area contributed by atoms with Gasteiger partial charge in [-0.3, -0.25) is 0 Å². The van der Waals surface area contributed by atoms with E-state index in [1.54, 1.807) is 6.26 Å². The molecule has 3 rings (SSSR count). The Balaban J connectivity index is 1.57. The zero-order valence-corrected chi connectivity index (χ0v) is 22.4. The fraction of sp³-hybridized carbons (Fsp3) is 0.571. The maximum absolute atomic E-state index is 10.6. The largest absolute Gasteiger partial charge is 0.394 e. The van der Waals surface area contributed by atoms with Crippen LogP contribution in [-0.4, -0.2) is 92.5 Å². The monoisotopic (exact) mass is 535 g/mol. The van der Waals surface area contributed by atoms with Crippen LogP contribution in [0.15, 0.2) is 42.5 Å². The smallest absolute Gasteiger partial charge is 0.132 e. The summed E-state index contributed by atoms with van der Waals surface area (Å²) in [4.78, 5) is 0. The van der Waals surface area contributed by atoms with Crippen molar-refractivity contribution in [2.75, 3.05) is 32.6 Å². The van der Waals surface area contributed by atoms with Crippen molar-refractivity contribution in [1.29, 1.82) is 0 Å². The van der Waals surface area contributed by atoms with E-state index < -0.39 is 35.4 Å². The lowest BCUT2D eigenvalue weighted by atomic mass is 9.91. The topological polar surface area (TPSA) is 143 Å². The Morgan fingerprint density at radius 1 is 0.865 bits per heavy atom. The van der Waals surface area contributed by atoms with Crippen molar-refractivity contribution in [3.63, 3.8) is 0 Å². The lowest BCUT2D eigenvalue weighted by molar-refractivity contribution is -0.200. The SMILES string of the molecule is CS[C@H]1OC(c2ccc(C)c(Cc3ccc(CCCCNC(CO)(CO)CO)cc3)c2)[C@H](O)[C@@H](O)[C@@H]1O. The molecule has 0 aromatic heterocycles. The number of hydrogen-bond acceptors (Lipinski definition) is 9. The third-order valence-electron chi connectivity index (χ3n) is 7.22. The molecule has 1 aliphatic heterocycles. The lowest BCUT2D eigenvalue weighted by Gasteiger charge is -2.40. The van der Waals surface area contributed by atoms with Crippen LogP contribution in [0.25, 0.3) is 0 Å². The van der Waals surface area contributed by atoms with Crippen LogP contribution in [0.3, 0.4) is 0 Å². The second-order valence-corrected chi connectivity index (χ2v) is 10.9. The average Bonchev–Trinajstić information content (AvgIpc) is 2.92. The number of aryl methyl sites for hydroxylation is 2. The van der Waals surface area contributed by atoms with Crippen LogP contribution in [-0.2, 0) is 17.6 Å². The van der Waals surface area contributed by atoms with E-state index in [-0.39, 0.29) is 19.8 Å². The predicted octanol–water partition coefficient (Wildman–Crippen LogP) is 1.06. The van der Waals surface area contributed by atoms with Crippen LogP contribution in [0.1, 0.15) is 46.8 Å². The van der Waals surface area contributed by atoms with Crippen LogP contribution in [0.5, 0.6) is 0 Å². The van der Waals surface area contributed by atoms with Crippen molar-refractivity contribution < 1.29 is 35.4 Å². The molecule has 0 aliphatic carbocycles. The Labute approximate surface area is 223 Å². The first-order valence-electron chi connectivity index (χ1n) is 12.7. The fourth-order valence-electron chi connectivity index (χ4n) is 4.55. The van der Waals surface area contributed by atoms with Crippen molar-refractivity contribution >= 4 is 11.8 Å². The normalized spacial score (nSPS) is 24.4. The highest BCUT2D eigenvalue weighted by atomic mass is 32.2. The van der Waals surface area contributed by atoms with E-state index in [0.29, 0.717) is 6.54 Å². The number of unbranched alkanes of at least 4 members (excludes halogenated alkanes) is 1. The van der Waals surface area contributed by atoms with Gasteiger partial charge in [-0.1, -0.05) is 42.5 Å². The summed E-state index contributed by atoms with van der Waals surface area (Å²) >= 11 is 1.30. The van der Waals surface area contributed by atoms with E-state index in [1.165, 1.54) is 17.3 Å². The van der Waals surface area contributed by atoms with Crippen LogP contribution in [0, 0.1) is 6.92 Å². The summed E-state index contributed by atoms with van der Waals surface area (Å²) in [5.74, 6) is 0. The van der Waals surface area contributed by atoms with Gasteiger partial charge in [-0.2, -0.15) is 0 Å². The summed E-state index contributed by atoms with van der Waals surface area (Å²) < 4.78 is 5.93. The first kappa shape index (κ1) is 30.0. The molecule has 0 bridgehead atoms. The molecule has 206 valence electrons. The van der Waals surface area contributed by atoms with Gasteiger partial charge in [0.2, 0.25) is 0 Å². The minimum absolute atomic E-state index is 0.318. The number of thioether (sulfide) groups is 1. The quantitative estimate of drug-likeness (QED) is 0.187. The highest BCUT2D eigenvalue weighted by Crippen LogP contribution is 2.36. The molecular weight excluding hydrogens is 494 g/mol. The first-order chi connectivity index (χ1) is 17.8. The van der Waals surface area contributed by atoms with Gasteiger partial charge in [0.05, 0.1) is 25.4 Å². The number of rotatable bonds is 13. The van der Waals surface area contributed by atoms with Gasteiger partial charge in [0.25, 0.3) is 0 Å². The minimum atomic E-state index is -1.27. The molecule has 0 radical (unpaired) electrons. The van der Waals surface area contributed by atoms with E-state index >= 15 is 0 Å². The number of hydrogen-bond donors (Lipinski definition) is 7. The molecular formula is C28H41NO7S. The zero-order chi connectivity index (χ0) is 27.0. The molecule has 1 unspecified atom stereocenters. The van der Waals surface area contributed by atoms with E-state index in [0.717, 1.165) is 47.9 Å². The zero-order valence-electron chi connectivity index (χ0n) is 21.6. The first-order valence-corrected chi connectivity index (χ1v) is 14.0. The molecule has 1 fully saturated rings.